The van der Waals surface area contributed by atoms with Gasteiger partial charge >= 0.3 is 0 Å². The van der Waals surface area contributed by atoms with Crippen LogP contribution in [-0.2, 0) is 16.0 Å². The van der Waals surface area contributed by atoms with Crippen LogP contribution in [0.2, 0.25) is 0 Å². The molecule has 25 heavy (non-hydrogen) atoms. The van der Waals surface area contributed by atoms with Gasteiger partial charge in [-0.15, -0.1) is 0 Å². The van der Waals surface area contributed by atoms with Crippen molar-refractivity contribution in [1.29, 1.82) is 0 Å². The zero-order valence-electron chi connectivity index (χ0n) is 14.6. The van der Waals surface area contributed by atoms with Crippen molar-refractivity contribution in [3.63, 3.8) is 0 Å². The number of nitrogens with zero attached hydrogens (tertiary/aromatic N) is 1. The van der Waals surface area contributed by atoms with Crippen molar-refractivity contribution in [1.82, 2.24) is 0 Å². The first-order valence-electron chi connectivity index (χ1n) is 8.80. The van der Waals surface area contributed by atoms with Gasteiger partial charge in [0.25, 0.3) is 0 Å². The minimum Gasteiger partial charge on any atom is -0.325 e. The van der Waals surface area contributed by atoms with Crippen LogP contribution in [0.5, 0.6) is 0 Å². The van der Waals surface area contributed by atoms with Gasteiger partial charge in [0.15, 0.2) is 0 Å². The maximum atomic E-state index is 13.1. The SMILES string of the molecule is Cc1ccc(NC(=O)C2(C(=O)N3CCc4ccccc43)CC2)cc1C. The van der Waals surface area contributed by atoms with Crippen LogP contribution >= 0.6 is 0 Å². The standard InChI is InChI=1S/C21H22N2O2/c1-14-7-8-17(13-15(14)2)22-19(24)21(10-11-21)20(25)23-12-9-16-5-3-4-6-18(16)23/h3-8,13H,9-12H2,1-2H3,(H,22,24). The topological polar surface area (TPSA) is 49.4 Å². The van der Waals surface area contributed by atoms with Crippen molar-refractivity contribution in [3.8, 4) is 0 Å². The molecule has 2 amide bonds. The zero-order valence-corrected chi connectivity index (χ0v) is 14.6. The third-order valence-corrected chi connectivity index (χ3v) is 5.49. The first kappa shape index (κ1) is 15.9. The highest BCUT2D eigenvalue weighted by Gasteiger charge is 2.58. The quantitative estimate of drug-likeness (QED) is 0.872. The minimum absolute atomic E-state index is 0.0567. The van der Waals surface area contributed by atoms with Crippen LogP contribution in [0, 0.1) is 19.3 Å². The summed E-state index contributed by atoms with van der Waals surface area (Å²) in [6.45, 7) is 4.72. The fraction of sp³-hybridized carbons (Fsp3) is 0.333. The lowest BCUT2D eigenvalue weighted by atomic mass is 10.0. The van der Waals surface area contributed by atoms with E-state index in [9.17, 15) is 9.59 Å². The molecular weight excluding hydrogens is 312 g/mol. The third kappa shape index (κ3) is 2.62. The Morgan fingerprint density at radius 1 is 1.04 bits per heavy atom. The fourth-order valence-electron chi connectivity index (χ4n) is 3.54. The summed E-state index contributed by atoms with van der Waals surface area (Å²) in [5, 5.41) is 2.95. The summed E-state index contributed by atoms with van der Waals surface area (Å²) >= 11 is 0. The largest absolute Gasteiger partial charge is 0.325 e. The molecule has 0 aromatic heterocycles. The minimum atomic E-state index is -0.893. The Kier molecular flexibility index (Phi) is 3.64. The first-order valence-corrected chi connectivity index (χ1v) is 8.80. The fourth-order valence-corrected chi connectivity index (χ4v) is 3.54. The molecule has 0 spiro atoms. The van der Waals surface area contributed by atoms with E-state index in [1.165, 1.54) is 11.1 Å². The second-order valence-corrected chi connectivity index (χ2v) is 7.17. The Labute approximate surface area is 147 Å². The second-order valence-electron chi connectivity index (χ2n) is 7.17. The molecule has 4 rings (SSSR count). The molecule has 2 aromatic carbocycles. The van der Waals surface area contributed by atoms with E-state index in [1.54, 1.807) is 4.90 Å². The summed E-state index contributed by atoms with van der Waals surface area (Å²) in [6, 6.07) is 13.8. The summed E-state index contributed by atoms with van der Waals surface area (Å²) in [6.07, 6.45) is 2.11. The Hall–Kier alpha value is -2.62. The number of amides is 2. The van der Waals surface area contributed by atoms with Crippen molar-refractivity contribution in [3.05, 3.63) is 59.2 Å². The van der Waals surface area contributed by atoms with Gasteiger partial charge in [0.2, 0.25) is 11.8 Å². The van der Waals surface area contributed by atoms with Crippen molar-refractivity contribution in [2.24, 2.45) is 5.41 Å². The Bertz CT molecular complexity index is 868. The van der Waals surface area contributed by atoms with Gasteiger partial charge in [-0.25, -0.2) is 0 Å². The van der Waals surface area contributed by atoms with Gasteiger partial charge in [0.1, 0.15) is 5.41 Å². The van der Waals surface area contributed by atoms with E-state index < -0.39 is 5.41 Å². The lowest BCUT2D eigenvalue weighted by Gasteiger charge is -2.23. The number of carbonyl (C=O) groups is 2. The lowest BCUT2D eigenvalue weighted by molar-refractivity contribution is -0.132. The van der Waals surface area contributed by atoms with Gasteiger partial charge in [-0.2, -0.15) is 0 Å². The van der Waals surface area contributed by atoms with Crippen LogP contribution in [-0.4, -0.2) is 18.4 Å². The van der Waals surface area contributed by atoms with E-state index in [0.717, 1.165) is 23.4 Å². The van der Waals surface area contributed by atoms with Gasteiger partial charge < -0.3 is 10.2 Å². The van der Waals surface area contributed by atoms with Crippen LogP contribution in [0.3, 0.4) is 0 Å². The molecule has 0 atom stereocenters. The number of benzene rings is 2. The molecule has 4 heteroatoms. The van der Waals surface area contributed by atoms with E-state index in [0.29, 0.717) is 19.4 Å². The van der Waals surface area contributed by atoms with Crippen molar-refractivity contribution < 1.29 is 9.59 Å². The predicted octanol–water partition coefficient (Wildman–Crippen LogP) is 3.61. The summed E-state index contributed by atoms with van der Waals surface area (Å²) in [5.74, 6) is -0.232. The number of nitrogens with one attached hydrogen (secondary N) is 1. The first-order chi connectivity index (χ1) is 12.0. The molecule has 1 saturated carbocycles. The monoisotopic (exact) mass is 334 g/mol. The van der Waals surface area contributed by atoms with Crippen molar-refractivity contribution in [2.45, 2.75) is 33.1 Å². The normalized spacial score (nSPS) is 17.1. The van der Waals surface area contributed by atoms with Gasteiger partial charge in [0.05, 0.1) is 0 Å². The predicted molar refractivity (Wildman–Crippen MR) is 98.7 cm³/mol. The number of hydrogen-bond acceptors (Lipinski definition) is 2. The highest BCUT2D eigenvalue weighted by Crippen LogP contribution is 2.49. The second kappa shape index (κ2) is 5.73. The van der Waals surface area contributed by atoms with Gasteiger partial charge in [-0.05, 0) is 68.0 Å². The molecule has 2 aliphatic rings. The van der Waals surface area contributed by atoms with E-state index in [4.69, 9.17) is 0 Å². The van der Waals surface area contributed by atoms with Crippen LogP contribution in [0.15, 0.2) is 42.5 Å². The maximum absolute atomic E-state index is 13.1. The molecule has 1 fully saturated rings. The Balaban J connectivity index is 1.54. The smallest absolute Gasteiger partial charge is 0.242 e. The van der Waals surface area contributed by atoms with Crippen LogP contribution < -0.4 is 10.2 Å². The molecule has 0 radical (unpaired) electrons. The van der Waals surface area contributed by atoms with E-state index in [1.807, 2.05) is 50.2 Å². The number of hydrogen-bond donors (Lipinski definition) is 1. The zero-order chi connectivity index (χ0) is 17.6. The number of para-hydroxylation sites is 1. The van der Waals surface area contributed by atoms with Crippen molar-refractivity contribution in [2.75, 3.05) is 16.8 Å². The summed E-state index contributed by atoms with van der Waals surface area (Å²) in [5.41, 5.74) is 4.32. The molecule has 0 bridgehead atoms. The molecule has 0 saturated heterocycles. The highest BCUT2D eigenvalue weighted by atomic mass is 16.2. The molecule has 2 aromatic rings. The Morgan fingerprint density at radius 3 is 2.52 bits per heavy atom. The molecule has 128 valence electrons. The average Bonchev–Trinajstić information content (AvgIpc) is 3.31. The molecule has 1 heterocycles. The molecule has 0 unspecified atom stereocenters. The number of rotatable bonds is 3. The van der Waals surface area contributed by atoms with E-state index in [-0.39, 0.29) is 11.8 Å². The molecule has 1 aliphatic carbocycles. The number of carbonyl (C=O) groups excluding carboxylic acids is 2. The van der Waals surface area contributed by atoms with Crippen LogP contribution in [0.1, 0.15) is 29.5 Å². The average molecular weight is 334 g/mol. The van der Waals surface area contributed by atoms with Crippen LogP contribution in [0.4, 0.5) is 11.4 Å². The molecule has 4 nitrogen and oxygen atoms in total. The molecule has 1 aliphatic heterocycles. The summed E-state index contributed by atoms with van der Waals surface area (Å²) in [4.78, 5) is 27.7. The molecule has 1 N–H and O–H groups in total. The molecular formula is C21H22N2O2. The summed E-state index contributed by atoms with van der Waals surface area (Å²) in [7, 11) is 0. The number of fused-ring (bicyclic) bond motifs is 1. The lowest BCUT2D eigenvalue weighted by Crippen LogP contribution is -2.42. The van der Waals surface area contributed by atoms with Gasteiger partial charge in [-0.3, -0.25) is 9.59 Å². The van der Waals surface area contributed by atoms with E-state index >= 15 is 0 Å². The van der Waals surface area contributed by atoms with E-state index in [2.05, 4.69) is 11.4 Å². The van der Waals surface area contributed by atoms with Crippen LogP contribution in [0.25, 0.3) is 0 Å². The van der Waals surface area contributed by atoms with Gasteiger partial charge in [0, 0.05) is 17.9 Å². The van der Waals surface area contributed by atoms with Gasteiger partial charge in [-0.1, -0.05) is 24.3 Å². The number of anilines is 2. The summed E-state index contributed by atoms with van der Waals surface area (Å²) < 4.78 is 0. The third-order valence-electron chi connectivity index (χ3n) is 5.49. The highest BCUT2D eigenvalue weighted by molar-refractivity contribution is 6.18. The number of aryl methyl sites for hydroxylation is 2. The van der Waals surface area contributed by atoms with Crippen molar-refractivity contribution >= 4 is 23.2 Å². The maximum Gasteiger partial charge on any atom is 0.242 e. The Morgan fingerprint density at radius 2 is 1.80 bits per heavy atom.